The van der Waals surface area contributed by atoms with Gasteiger partial charge in [-0.3, -0.25) is 0 Å². The van der Waals surface area contributed by atoms with Crippen molar-refractivity contribution in [2.45, 2.75) is 64.3 Å². The van der Waals surface area contributed by atoms with Crippen molar-refractivity contribution in [1.29, 1.82) is 0 Å². The monoisotopic (exact) mass is 213 g/mol. The van der Waals surface area contributed by atoms with E-state index in [1.807, 2.05) is 0 Å². The van der Waals surface area contributed by atoms with Crippen LogP contribution in [0.2, 0.25) is 0 Å². The zero-order valence-corrected chi connectivity index (χ0v) is 10.2. The zero-order chi connectivity index (χ0) is 10.9. The molecule has 0 radical (unpaired) electrons. The Labute approximate surface area is 94.5 Å². The molecule has 90 valence electrons. The lowest BCUT2D eigenvalue weighted by Gasteiger charge is -2.16. The standard InChI is InChI=1S/C13H27NO/c1-2-5-12-6-3-7-13(9-8-12)14-10-4-11-15/h12-15H,2-11H2,1H3. The molecule has 1 aliphatic rings. The van der Waals surface area contributed by atoms with Gasteiger partial charge in [0.25, 0.3) is 0 Å². The highest BCUT2D eigenvalue weighted by Crippen LogP contribution is 2.26. The molecule has 2 unspecified atom stereocenters. The molecular weight excluding hydrogens is 186 g/mol. The Balaban J connectivity index is 2.14. The van der Waals surface area contributed by atoms with Gasteiger partial charge in [-0.05, 0) is 38.1 Å². The molecule has 0 aromatic heterocycles. The van der Waals surface area contributed by atoms with Gasteiger partial charge in [0.05, 0.1) is 0 Å². The highest BCUT2D eigenvalue weighted by molar-refractivity contribution is 4.74. The van der Waals surface area contributed by atoms with Crippen LogP contribution in [0.15, 0.2) is 0 Å². The fraction of sp³-hybridized carbons (Fsp3) is 1.00. The summed E-state index contributed by atoms with van der Waals surface area (Å²) in [5, 5.41) is 12.3. The Morgan fingerprint density at radius 1 is 1.20 bits per heavy atom. The summed E-state index contributed by atoms with van der Waals surface area (Å²) in [6, 6.07) is 0.721. The van der Waals surface area contributed by atoms with Gasteiger partial charge in [0, 0.05) is 12.6 Å². The number of nitrogens with one attached hydrogen (secondary N) is 1. The highest BCUT2D eigenvalue weighted by atomic mass is 16.3. The Morgan fingerprint density at radius 3 is 2.80 bits per heavy atom. The third-order valence-electron chi connectivity index (χ3n) is 3.55. The van der Waals surface area contributed by atoms with E-state index in [0.717, 1.165) is 24.9 Å². The molecule has 2 atom stereocenters. The maximum Gasteiger partial charge on any atom is 0.0443 e. The largest absolute Gasteiger partial charge is 0.396 e. The maximum absolute atomic E-state index is 8.72. The number of rotatable bonds is 6. The van der Waals surface area contributed by atoms with Crippen LogP contribution in [0.1, 0.15) is 58.3 Å². The van der Waals surface area contributed by atoms with Gasteiger partial charge in [-0.1, -0.05) is 32.6 Å². The first-order chi connectivity index (χ1) is 7.36. The Kier molecular flexibility index (Phi) is 7.03. The van der Waals surface area contributed by atoms with Crippen LogP contribution in [-0.2, 0) is 0 Å². The van der Waals surface area contributed by atoms with Gasteiger partial charge in [-0.15, -0.1) is 0 Å². The molecule has 1 rings (SSSR count). The van der Waals surface area contributed by atoms with E-state index in [1.165, 1.54) is 44.9 Å². The molecule has 1 saturated carbocycles. The van der Waals surface area contributed by atoms with E-state index in [2.05, 4.69) is 12.2 Å². The fourth-order valence-corrected chi connectivity index (χ4v) is 2.66. The Bertz CT molecular complexity index is 149. The Morgan fingerprint density at radius 2 is 2.07 bits per heavy atom. The predicted molar refractivity (Wildman–Crippen MR) is 65.0 cm³/mol. The van der Waals surface area contributed by atoms with E-state index in [0.29, 0.717) is 6.61 Å². The zero-order valence-electron chi connectivity index (χ0n) is 10.2. The quantitative estimate of drug-likeness (QED) is 0.525. The van der Waals surface area contributed by atoms with Crippen LogP contribution in [0.4, 0.5) is 0 Å². The van der Waals surface area contributed by atoms with Crippen LogP contribution in [0, 0.1) is 5.92 Å². The summed E-state index contributed by atoms with van der Waals surface area (Å²) >= 11 is 0. The van der Waals surface area contributed by atoms with Gasteiger partial charge >= 0.3 is 0 Å². The van der Waals surface area contributed by atoms with Crippen molar-refractivity contribution in [1.82, 2.24) is 5.32 Å². The molecule has 0 amide bonds. The van der Waals surface area contributed by atoms with Gasteiger partial charge in [0.2, 0.25) is 0 Å². The van der Waals surface area contributed by atoms with E-state index in [1.54, 1.807) is 0 Å². The van der Waals surface area contributed by atoms with Gasteiger partial charge in [-0.25, -0.2) is 0 Å². The molecule has 1 aliphatic carbocycles. The first kappa shape index (κ1) is 13.0. The average Bonchev–Trinajstić information content (AvgIpc) is 2.45. The van der Waals surface area contributed by atoms with E-state index in [4.69, 9.17) is 5.11 Å². The highest BCUT2D eigenvalue weighted by Gasteiger charge is 2.17. The molecule has 15 heavy (non-hydrogen) atoms. The minimum Gasteiger partial charge on any atom is -0.396 e. The second kappa shape index (κ2) is 8.12. The molecule has 0 aromatic rings. The molecule has 2 N–H and O–H groups in total. The van der Waals surface area contributed by atoms with Crippen LogP contribution in [0.3, 0.4) is 0 Å². The van der Waals surface area contributed by atoms with Gasteiger partial charge in [-0.2, -0.15) is 0 Å². The number of aliphatic hydroxyl groups is 1. The smallest absolute Gasteiger partial charge is 0.0443 e. The Hall–Kier alpha value is -0.0800. The summed E-state index contributed by atoms with van der Waals surface area (Å²) in [6.07, 6.45) is 10.6. The predicted octanol–water partition coefficient (Wildman–Crippen LogP) is 2.71. The molecule has 0 bridgehead atoms. The third kappa shape index (κ3) is 5.53. The topological polar surface area (TPSA) is 32.3 Å². The number of hydrogen-bond donors (Lipinski definition) is 2. The first-order valence-electron chi connectivity index (χ1n) is 6.71. The van der Waals surface area contributed by atoms with Crippen molar-refractivity contribution in [3.8, 4) is 0 Å². The minimum absolute atomic E-state index is 0.318. The van der Waals surface area contributed by atoms with Crippen LogP contribution >= 0.6 is 0 Å². The van der Waals surface area contributed by atoms with Crippen molar-refractivity contribution >= 4 is 0 Å². The van der Waals surface area contributed by atoms with E-state index < -0.39 is 0 Å². The fourth-order valence-electron chi connectivity index (χ4n) is 2.66. The van der Waals surface area contributed by atoms with Crippen LogP contribution in [0.25, 0.3) is 0 Å². The van der Waals surface area contributed by atoms with Crippen molar-refractivity contribution in [2.75, 3.05) is 13.2 Å². The molecule has 2 nitrogen and oxygen atoms in total. The summed E-state index contributed by atoms with van der Waals surface area (Å²) in [5.74, 6) is 0.986. The van der Waals surface area contributed by atoms with Gasteiger partial charge in [0.15, 0.2) is 0 Å². The summed E-state index contributed by atoms with van der Waals surface area (Å²) < 4.78 is 0. The molecule has 0 aromatic carbocycles. The SMILES string of the molecule is CCCC1CCCC(NCCCO)CC1. The van der Waals surface area contributed by atoms with Crippen molar-refractivity contribution in [3.05, 3.63) is 0 Å². The first-order valence-corrected chi connectivity index (χ1v) is 6.71. The lowest BCUT2D eigenvalue weighted by atomic mass is 9.95. The summed E-state index contributed by atoms with van der Waals surface area (Å²) in [6.45, 7) is 3.60. The lowest BCUT2D eigenvalue weighted by molar-refractivity contribution is 0.281. The van der Waals surface area contributed by atoms with E-state index >= 15 is 0 Å². The van der Waals surface area contributed by atoms with E-state index in [-0.39, 0.29) is 0 Å². The van der Waals surface area contributed by atoms with Crippen molar-refractivity contribution in [3.63, 3.8) is 0 Å². The van der Waals surface area contributed by atoms with Gasteiger partial charge < -0.3 is 10.4 Å². The normalized spacial score (nSPS) is 27.6. The summed E-state index contributed by atoms with van der Waals surface area (Å²) in [4.78, 5) is 0. The lowest BCUT2D eigenvalue weighted by Crippen LogP contribution is -2.29. The van der Waals surface area contributed by atoms with Gasteiger partial charge in [0.1, 0.15) is 0 Å². The number of aliphatic hydroxyl groups excluding tert-OH is 1. The molecule has 1 fully saturated rings. The number of hydrogen-bond acceptors (Lipinski definition) is 2. The maximum atomic E-state index is 8.72. The summed E-state index contributed by atoms with van der Waals surface area (Å²) in [5.41, 5.74) is 0. The average molecular weight is 213 g/mol. The minimum atomic E-state index is 0.318. The molecule has 0 spiro atoms. The molecular formula is C13H27NO. The molecule has 2 heteroatoms. The second-order valence-corrected chi connectivity index (χ2v) is 4.89. The summed E-state index contributed by atoms with van der Waals surface area (Å²) in [7, 11) is 0. The van der Waals surface area contributed by atoms with Crippen molar-refractivity contribution < 1.29 is 5.11 Å². The second-order valence-electron chi connectivity index (χ2n) is 4.89. The van der Waals surface area contributed by atoms with Crippen LogP contribution < -0.4 is 5.32 Å². The van der Waals surface area contributed by atoms with Crippen LogP contribution in [0.5, 0.6) is 0 Å². The van der Waals surface area contributed by atoms with Crippen molar-refractivity contribution in [2.24, 2.45) is 5.92 Å². The third-order valence-corrected chi connectivity index (χ3v) is 3.55. The van der Waals surface area contributed by atoms with E-state index in [9.17, 15) is 0 Å². The molecule has 0 heterocycles. The van der Waals surface area contributed by atoms with Crippen LogP contribution in [-0.4, -0.2) is 24.3 Å². The molecule has 0 aliphatic heterocycles. The molecule has 0 saturated heterocycles.